The second kappa shape index (κ2) is 7.52. The van der Waals surface area contributed by atoms with Crippen LogP contribution >= 0.6 is 11.6 Å². The second-order valence-corrected chi connectivity index (χ2v) is 8.38. The lowest BCUT2D eigenvalue weighted by Crippen LogP contribution is -2.29. The molecule has 10 nitrogen and oxygen atoms in total. The molecule has 0 saturated heterocycles. The average Bonchev–Trinajstić information content (AvgIpc) is 3.03. The van der Waals surface area contributed by atoms with Gasteiger partial charge in [0.1, 0.15) is 0 Å². The number of amides is 1. The van der Waals surface area contributed by atoms with E-state index in [-0.39, 0.29) is 27.4 Å². The summed E-state index contributed by atoms with van der Waals surface area (Å²) >= 11 is 5.96. The Morgan fingerprint density at radius 2 is 1.93 bits per heavy atom. The molecule has 0 radical (unpaired) electrons. The molecule has 1 atom stereocenters. The van der Waals surface area contributed by atoms with Crippen LogP contribution in [0, 0.1) is 0 Å². The highest BCUT2D eigenvalue weighted by Gasteiger charge is 2.21. The van der Waals surface area contributed by atoms with Crippen LogP contribution in [0.2, 0.25) is 5.02 Å². The van der Waals surface area contributed by atoms with Gasteiger partial charge in [0, 0.05) is 29.2 Å². The van der Waals surface area contributed by atoms with E-state index in [1.54, 1.807) is 13.0 Å². The molecule has 3 rings (SSSR count). The molecule has 0 fully saturated rings. The van der Waals surface area contributed by atoms with E-state index < -0.39 is 21.8 Å². The third-order valence-electron chi connectivity index (χ3n) is 3.69. The first-order valence-corrected chi connectivity index (χ1v) is 10.2. The number of nitrogens with two attached hydrogens (primary N) is 1. The Labute approximate surface area is 165 Å². The predicted molar refractivity (Wildman–Crippen MR) is 102 cm³/mol. The first kappa shape index (κ1) is 19.7. The number of rotatable bonds is 5. The minimum absolute atomic E-state index is 0.00864. The zero-order chi connectivity index (χ0) is 20.5. The Morgan fingerprint density at radius 3 is 2.57 bits per heavy atom. The summed E-state index contributed by atoms with van der Waals surface area (Å²) in [7, 11) is -3.53. The van der Waals surface area contributed by atoms with E-state index in [1.165, 1.54) is 35.3 Å². The maximum atomic E-state index is 12.6. The minimum atomic E-state index is -3.53. The molecule has 28 heavy (non-hydrogen) atoms. The number of anilines is 1. The van der Waals surface area contributed by atoms with Crippen LogP contribution in [-0.2, 0) is 9.84 Å². The van der Waals surface area contributed by atoms with Gasteiger partial charge < -0.3 is 11.1 Å². The van der Waals surface area contributed by atoms with Gasteiger partial charge in [0.05, 0.1) is 10.9 Å². The van der Waals surface area contributed by atoms with Crippen molar-refractivity contribution in [2.45, 2.75) is 17.9 Å². The average molecular weight is 422 g/mol. The van der Waals surface area contributed by atoms with Gasteiger partial charge in [0.2, 0.25) is 5.95 Å². The summed E-state index contributed by atoms with van der Waals surface area (Å²) in [6.07, 6.45) is 4.10. The Bertz CT molecular complexity index is 1130. The molecule has 12 heteroatoms. The maximum Gasteiger partial charge on any atom is 0.252 e. The van der Waals surface area contributed by atoms with Crippen molar-refractivity contribution in [3.8, 4) is 5.95 Å². The Hall–Kier alpha value is -3.05. The van der Waals surface area contributed by atoms with Crippen LogP contribution in [0.5, 0.6) is 0 Å². The summed E-state index contributed by atoms with van der Waals surface area (Å²) < 4.78 is 24.9. The van der Waals surface area contributed by atoms with E-state index in [9.17, 15) is 13.2 Å². The summed E-state index contributed by atoms with van der Waals surface area (Å²) in [6, 6.07) is 4.91. The third-order valence-corrected chi connectivity index (χ3v) is 5.00. The standard InChI is InChI=1S/C16H16ClN7O3S/c1-9(13-22-15(18)23-24(13)16-19-4-3-5-20-16)21-14(25)10-6-11(17)8-12(7-10)28(2,26)27/h3-9H,1-2H3,(H2,18,23)(H,21,25). The van der Waals surface area contributed by atoms with Gasteiger partial charge in [-0.15, -0.1) is 5.10 Å². The molecule has 1 amide bonds. The van der Waals surface area contributed by atoms with E-state index in [1.807, 2.05) is 0 Å². The highest BCUT2D eigenvalue weighted by Crippen LogP contribution is 2.20. The van der Waals surface area contributed by atoms with Crippen molar-refractivity contribution >= 4 is 33.3 Å². The number of halogens is 1. The molecule has 0 bridgehead atoms. The topological polar surface area (TPSA) is 146 Å². The van der Waals surface area contributed by atoms with Gasteiger partial charge in [-0.05, 0) is 31.2 Å². The van der Waals surface area contributed by atoms with Gasteiger partial charge in [-0.1, -0.05) is 11.6 Å². The molecule has 0 aliphatic heterocycles. The predicted octanol–water partition coefficient (Wildman–Crippen LogP) is 1.19. The fraction of sp³-hybridized carbons (Fsp3) is 0.188. The highest BCUT2D eigenvalue weighted by atomic mass is 35.5. The number of benzene rings is 1. The van der Waals surface area contributed by atoms with Crippen LogP contribution in [0.3, 0.4) is 0 Å². The lowest BCUT2D eigenvalue weighted by atomic mass is 10.2. The number of carbonyl (C=O) groups is 1. The van der Waals surface area contributed by atoms with Crippen LogP contribution in [-0.4, -0.2) is 45.3 Å². The SMILES string of the molecule is CC(NC(=O)c1cc(Cl)cc(S(C)(=O)=O)c1)c1nc(N)nn1-c1ncccn1. The minimum Gasteiger partial charge on any atom is -0.366 e. The molecular formula is C16H16ClN7O3S. The van der Waals surface area contributed by atoms with Crippen LogP contribution in [0.1, 0.15) is 29.1 Å². The van der Waals surface area contributed by atoms with Crippen molar-refractivity contribution in [3.63, 3.8) is 0 Å². The maximum absolute atomic E-state index is 12.6. The first-order valence-electron chi connectivity index (χ1n) is 7.96. The molecule has 0 aliphatic carbocycles. The zero-order valence-electron chi connectivity index (χ0n) is 14.9. The smallest absolute Gasteiger partial charge is 0.252 e. The van der Waals surface area contributed by atoms with Gasteiger partial charge in [-0.2, -0.15) is 9.67 Å². The fourth-order valence-electron chi connectivity index (χ4n) is 2.42. The van der Waals surface area contributed by atoms with Crippen molar-refractivity contribution in [2.24, 2.45) is 0 Å². The second-order valence-electron chi connectivity index (χ2n) is 5.93. The van der Waals surface area contributed by atoms with E-state index >= 15 is 0 Å². The summed E-state index contributed by atoms with van der Waals surface area (Å²) in [5.74, 6) is 0.00000319. The quantitative estimate of drug-likeness (QED) is 0.624. The van der Waals surface area contributed by atoms with Crippen molar-refractivity contribution in [3.05, 3.63) is 53.1 Å². The number of hydrogen-bond donors (Lipinski definition) is 2. The Balaban J connectivity index is 1.90. The van der Waals surface area contributed by atoms with Crippen molar-refractivity contribution in [1.82, 2.24) is 30.0 Å². The largest absolute Gasteiger partial charge is 0.366 e. The van der Waals surface area contributed by atoms with Crippen LogP contribution in [0.25, 0.3) is 5.95 Å². The number of carbonyl (C=O) groups excluding carboxylic acids is 1. The van der Waals surface area contributed by atoms with Gasteiger partial charge in [0.25, 0.3) is 11.9 Å². The molecule has 1 unspecified atom stereocenters. The molecule has 146 valence electrons. The number of nitrogens with zero attached hydrogens (tertiary/aromatic N) is 5. The van der Waals surface area contributed by atoms with E-state index in [4.69, 9.17) is 17.3 Å². The summed E-state index contributed by atoms with van der Waals surface area (Å²) in [4.78, 5) is 24.9. The number of aromatic nitrogens is 5. The molecule has 0 saturated carbocycles. The molecule has 0 aliphatic rings. The lowest BCUT2D eigenvalue weighted by molar-refractivity contribution is 0.0937. The lowest BCUT2D eigenvalue weighted by Gasteiger charge is -2.14. The third kappa shape index (κ3) is 4.26. The number of nitrogen functional groups attached to an aromatic ring is 1. The molecule has 3 aromatic rings. The summed E-state index contributed by atoms with van der Waals surface area (Å²) in [5.41, 5.74) is 5.78. The fourth-order valence-corrected chi connectivity index (χ4v) is 3.40. The highest BCUT2D eigenvalue weighted by molar-refractivity contribution is 7.90. The van der Waals surface area contributed by atoms with Crippen molar-refractivity contribution in [2.75, 3.05) is 12.0 Å². The zero-order valence-corrected chi connectivity index (χ0v) is 16.4. The number of nitrogens with one attached hydrogen (secondary N) is 1. The van der Waals surface area contributed by atoms with Crippen molar-refractivity contribution in [1.29, 1.82) is 0 Å². The van der Waals surface area contributed by atoms with Crippen LogP contribution in [0.15, 0.2) is 41.6 Å². The van der Waals surface area contributed by atoms with Gasteiger partial charge in [-0.25, -0.2) is 18.4 Å². The normalized spacial score (nSPS) is 12.5. The molecule has 0 spiro atoms. The number of sulfone groups is 1. The van der Waals surface area contributed by atoms with Gasteiger partial charge >= 0.3 is 0 Å². The van der Waals surface area contributed by atoms with E-state index in [2.05, 4.69) is 25.4 Å². The molecule has 1 aromatic carbocycles. The molecule has 3 N–H and O–H groups in total. The summed E-state index contributed by atoms with van der Waals surface area (Å²) in [5, 5.41) is 6.89. The van der Waals surface area contributed by atoms with Crippen LogP contribution < -0.4 is 11.1 Å². The van der Waals surface area contributed by atoms with Gasteiger partial charge in [-0.3, -0.25) is 4.79 Å². The summed E-state index contributed by atoms with van der Waals surface area (Å²) in [6.45, 7) is 1.67. The molecule has 2 heterocycles. The van der Waals surface area contributed by atoms with E-state index in [0.717, 1.165) is 6.26 Å². The Kier molecular flexibility index (Phi) is 5.29. The first-order chi connectivity index (χ1) is 13.1. The van der Waals surface area contributed by atoms with E-state index in [0.29, 0.717) is 5.82 Å². The molecule has 2 aromatic heterocycles. The van der Waals surface area contributed by atoms with Crippen LogP contribution in [0.4, 0.5) is 5.95 Å². The van der Waals surface area contributed by atoms with Crippen molar-refractivity contribution < 1.29 is 13.2 Å². The molecular weight excluding hydrogens is 406 g/mol. The Morgan fingerprint density at radius 1 is 1.25 bits per heavy atom. The van der Waals surface area contributed by atoms with Gasteiger partial charge in [0.15, 0.2) is 15.7 Å². The monoisotopic (exact) mass is 421 g/mol. The number of hydrogen-bond acceptors (Lipinski definition) is 8.